The largest absolute Gasteiger partial charge is 0.423 e. The van der Waals surface area contributed by atoms with Crippen molar-refractivity contribution in [1.29, 1.82) is 0 Å². The summed E-state index contributed by atoms with van der Waals surface area (Å²) in [5.74, 6) is -0.680. The van der Waals surface area contributed by atoms with E-state index in [0.717, 1.165) is 6.42 Å². The van der Waals surface area contributed by atoms with Crippen LogP contribution < -0.4 is 5.32 Å². The summed E-state index contributed by atoms with van der Waals surface area (Å²) in [6.45, 7) is 0.901. The Hall–Kier alpha value is -3.55. The van der Waals surface area contributed by atoms with Gasteiger partial charge in [0.25, 0.3) is 5.91 Å². The zero-order chi connectivity index (χ0) is 20.2. The average molecular weight is 394 g/mol. The van der Waals surface area contributed by atoms with Gasteiger partial charge in [0.2, 0.25) is 18.2 Å². The van der Waals surface area contributed by atoms with Crippen molar-refractivity contribution in [1.82, 2.24) is 15.1 Å². The van der Waals surface area contributed by atoms with Crippen LogP contribution in [-0.4, -0.2) is 40.0 Å². The second kappa shape index (κ2) is 8.22. The molecule has 1 fully saturated rings. The fourth-order valence-electron chi connectivity index (χ4n) is 3.42. The van der Waals surface area contributed by atoms with Gasteiger partial charge in [-0.25, -0.2) is 4.39 Å². The first kappa shape index (κ1) is 18.8. The van der Waals surface area contributed by atoms with Crippen molar-refractivity contribution in [3.8, 4) is 11.5 Å². The summed E-state index contributed by atoms with van der Waals surface area (Å²) < 4.78 is 18.3. The van der Waals surface area contributed by atoms with Crippen LogP contribution in [0.25, 0.3) is 11.5 Å². The molecule has 1 N–H and O–H groups in total. The lowest BCUT2D eigenvalue weighted by atomic mass is 9.96. The van der Waals surface area contributed by atoms with E-state index in [2.05, 4.69) is 15.5 Å². The van der Waals surface area contributed by atoms with Crippen LogP contribution in [0.2, 0.25) is 0 Å². The Morgan fingerprint density at radius 1 is 1.17 bits per heavy atom. The van der Waals surface area contributed by atoms with E-state index in [1.807, 2.05) is 6.07 Å². The van der Waals surface area contributed by atoms with Crippen molar-refractivity contribution in [2.45, 2.75) is 12.8 Å². The van der Waals surface area contributed by atoms with Gasteiger partial charge in [-0.1, -0.05) is 6.07 Å². The predicted octanol–water partition coefficient (Wildman–Crippen LogP) is 3.37. The van der Waals surface area contributed by atoms with Crippen LogP contribution in [0.4, 0.5) is 10.1 Å². The van der Waals surface area contributed by atoms with Gasteiger partial charge in [0.05, 0.1) is 5.92 Å². The van der Waals surface area contributed by atoms with Crippen LogP contribution in [0.3, 0.4) is 0 Å². The Bertz CT molecular complexity index is 1010. The molecule has 3 aromatic rings. The lowest BCUT2D eigenvalue weighted by molar-refractivity contribution is -0.121. The molecule has 1 aliphatic heterocycles. The van der Waals surface area contributed by atoms with E-state index >= 15 is 0 Å². The lowest BCUT2D eigenvalue weighted by Gasteiger charge is -2.32. The second-order valence-corrected chi connectivity index (χ2v) is 6.91. The van der Waals surface area contributed by atoms with Crippen LogP contribution in [0.5, 0.6) is 0 Å². The number of nitrogens with zero attached hydrogens (tertiary/aromatic N) is 3. The fourth-order valence-corrected chi connectivity index (χ4v) is 3.42. The minimum atomic E-state index is -0.389. The van der Waals surface area contributed by atoms with E-state index in [0.29, 0.717) is 42.2 Å². The van der Waals surface area contributed by atoms with E-state index in [4.69, 9.17) is 4.42 Å². The maximum Gasteiger partial charge on any atom is 0.253 e. The number of piperidine rings is 1. The van der Waals surface area contributed by atoms with Gasteiger partial charge in [-0.2, -0.15) is 0 Å². The van der Waals surface area contributed by atoms with Crippen molar-refractivity contribution >= 4 is 17.5 Å². The molecule has 0 aliphatic carbocycles. The molecular weight excluding hydrogens is 375 g/mol. The van der Waals surface area contributed by atoms with Gasteiger partial charge >= 0.3 is 0 Å². The van der Waals surface area contributed by atoms with E-state index < -0.39 is 0 Å². The number of aromatic nitrogens is 2. The van der Waals surface area contributed by atoms with E-state index in [1.165, 1.54) is 30.7 Å². The Balaban J connectivity index is 1.42. The maximum atomic E-state index is 13.1. The molecule has 148 valence electrons. The Labute approximate surface area is 166 Å². The highest BCUT2D eigenvalue weighted by Gasteiger charge is 2.29. The molecule has 1 atom stereocenters. The van der Waals surface area contributed by atoms with Gasteiger partial charge in [0.1, 0.15) is 5.82 Å². The smallest absolute Gasteiger partial charge is 0.253 e. The molecule has 1 aliphatic rings. The minimum absolute atomic E-state index is 0.149. The summed E-state index contributed by atoms with van der Waals surface area (Å²) in [5.41, 5.74) is 1.74. The molecule has 1 saturated heterocycles. The Morgan fingerprint density at radius 3 is 2.76 bits per heavy atom. The number of carbonyl (C=O) groups excluding carboxylic acids is 2. The summed E-state index contributed by atoms with van der Waals surface area (Å²) in [7, 11) is 0. The molecular formula is C21H19FN4O3. The predicted molar refractivity (Wildman–Crippen MR) is 103 cm³/mol. The molecule has 2 aromatic carbocycles. The van der Waals surface area contributed by atoms with E-state index in [-0.39, 0.29) is 23.5 Å². The number of benzene rings is 2. The summed E-state index contributed by atoms with van der Waals surface area (Å²) >= 11 is 0. The molecule has 8 heteroatoms. The molecule has 1 unspecified atom stereocenters. The highest BCUT2D eigenvalue weighted by Crippen LogP contribution is 2.23. The number of likely N-dealkylation sites (tertiary alicyclic amines) is 1. The number of carbonyl (C=O) groups is 2. The second-order valence-electron chi connectivity index (χ2n) is 6.91. The van der Waals surface area contributed by atoms with Crippen LogP contribution in [-0.2, 0) is 4.79 Å². The molecule has 7 nitrogen and oxygen atoms in total. The summed E-state index contributed by atoms with van der Waals surface area (Å²) in [4.78, 5) is 27.1. The zero-order valence-electron chi connectivity index (χ0n) is 15.5. The molecule has 0 radical (unpaired) electrons. The van der Waals surface area contributed by atoms with Crippen LogP contribution in [0.15, 0.2) is 59.3 Å². The summed E-state index contributed by atoms with van der Waals surface area (Å²) in [6.07, 6.45) is 2.67. The van der Waals surface area contributed by atoms with Crippen LogP contribution in [0, 0.1) is 11.7 Å². The van der Waals surface area contributed by atoms with Crippen molar-refractivity contribution in [2.24, 2.45) is 5.92 Å². The Morgan fingerprint density at radius 2 is 2.00 bits per heavy atom. The third-order valence-corrected chi connectivity index (χ3v) is 4.91. The van der Waals surface area contributed by atoms with E-state index in [9.17, 15) is 14.0 Å². The molecule has 2 amide bonds. The van der Waals surface area contributed by atoms with Crippen molar-refractivity contribution in [3.05, 3.63) is 66.3 Å². The number of nitrogens with one attached hydrogen (secondary N) is 1. The highest BCUT2D eigenvalue weighted by atomic mass is 19.1. The van der Waals surface area contributed by atoms with Crippen molar-refractivity contribution in [3.63, 3.8) is 0 Å². The van der Waals surface area contributed by atoms with Gasteiger partial charge in [0, 0.05) is 29.9 Å². The standard InChI is InChI=1S/C21H19FN4O3/c22-17-8-6-14(7-9-17)21(28)26-10-2-4-16(12-26)19(27)24-18-5-1-3-15(11-18)20-25-23-13-29-20/h1,3,5-9,11,13,16H,2,4,10,12H2,(H,24,27). The molecule has 2 heterocycles. The first-order valence-corrected chi connectivity index (χ1v) is 9.32. The molecule has 0 saturated carbocycles. The number of amides is 2. The first-order valence-electron chi connectivity index (χ1n) is 9.32. The van der Waals surface area contributed by atoms with Gasteiger partial charge in [-0.3, -0.25) is 9.59 Å². The normalized spacial score (nSPS) is 16.4. The molecule has 0 spiro atoms. The lowest BCUT2D eigenvalue weighted by Crippen LogP contribution is -2.43. The Kier molecular flexibility index (Phi) is 5.33. The summed E-state index contributed by atoms with van der Waals surface area (Å²) in [5, 5.41) is 10.4. The minimum Gasteiger partial charge on any atom is -0.423 e. The average Bonchev–Trinajstić information content (AvgIpc) is 3.29. The van der Waals surface area contributed by atoms with Crippen LogP contribution >= 0.6 is 0 Å². The number of hydrogen-bond acceptors (Lipinski definition) is 5. The number of halogens is 1. The number of anilines is 1. The van der Waals surface area contributed by atoms with Crippen LogP contribution in [0.1, 0.15) is 23.2 Å². The molecule has 0 bridgehead atoms. The SMILES string of the molecule is O=C(Nc1cccc(-c2nnco2)c1)C1CCCN(C(=O)c2ccc(F)cc2)C1. The highest BCUT2D eigenvalue weighted by molar-refractivity contribution is 5.96. The quantitative estimate of drug-likeness (QED) is 0.733. The van der Waals surface area contributed by atoms with Gasteiger partial charge in [-0.05, 0) is 55.3 Å². The summed E-state index contributed by atoms with van der Waals surface area (Å²) in [6, 6.07) is 12.6. The number of hydrogen-bond donors (Lipinski definition) is 1. The molecule has 4 rings (SSSR count). The van der Waals surface area contributed by atoms with Gasteiger partial charge in [-0.15, -0.1) is 10.2 Å². The topological polar surface area (TPSA) is 88.3 Å². The van der Waals surface area contributed by atoms with Crippen molar-refractivity contribution in [2.75, 3.05) is 18.4 Å². The molecule has 1 aromatic heterocycles. The zero-order valence-corrected chi connectivity index (χ0v) is 15.5. The van der Waals surface area contributed by atoms with Gasteiger partial charge in [0.15, 0.2) is 0 Å². The molecule has 29 heavy (non-hydrogen) atoms. The van der Waals surface area contributed by atoms with Gasteiger partial charge < -0.3 is 14.6 Å². The first-order chi connectivity index (χ1) is 14.1. The number of rotatable bonds is 4. The van der Waals surface area contributed by atoms with E-state index in [1.54, 1.807) is 23.1 Å². The fraction of sp³-hybridized carbons (Fsp3) is 0.238. The third-order valence-electron chi connectivity index (χ3n) is 4.91. The third kappa shape index (κ3) is 4.31. The van der Waals surface area contributed by atoms with Crippen molar-refractivity contribution < 1.29 is 18.4 Å². The maximum absolute atomic E-state index is 13.1. The monoisotopic (exact) mass is 394 g/mol.